The van der Waals surface area contributed by atoms with Crippen LogP contribution in [0.3, 0.4) is 0 Å². The van der Waals surface area contributed by atoms with Gasteiger partial charge in [-0.15, -0.1) is 0 Å². The second-order valence-corrected chi connectivity index (χ2v) is 5.29. The molecule has 0 N–H and O–H groups in total. The molecule has 2 aromatic rings. The lowest BCUT2D eigenvalue weighted by Crippen LogP contribution is -2.37. The molecule has 1 atom stereocenters. The van der Waals surface area contributed by atoms with Gasteiger partial charge < -0.3 is 9.64 Å². The van der Waals surface area contributed by atoms with E-state index in [9.17, 15) is 4.79 Å². The van der Waals surface area contributed by atoms with Crippen LogP contribution in [-0.4, -0.2) is 33.7 Å². The molecule has 1 unspecified atom stereocenters. The Labute approximate surface area is 125 Å². The zero-order chi connectivity index (χ0) is 15.4. The highest BCUT2D eigenvalue weighted by Gasteiger charge is 2.19. The van der Waals surface area contributed by atoms with Crippen LogP contribution in [-0.2, 0) is 18.4 Å². The lowest BCUT2D eigenvalue weighted by Gasteiger charge is -2.21. The minimum atomic E-state index is -0.519. The van der Waals surface area contributed by atoms with Crippen molar-refractivity contribution < 1.29 is 9.53 Å². The predicted molar refractivity (Wildman–Crippen MR) is 81.0 cm³/mol. The number of ether oxygens (including phenoxy) is 1. The molecule has 0 radical (unpaired) electrons. The lowest BCUT2D eigenvalue weighted by molar-refractivity contribution is -0.137. The molecule has 2 rings (SSSR count). The van der Waals surface area contributed by atoms with E-state index in [-0.39, 0.29) is 5.91 Å². The third-order valence-corrected chi connectivity index (χ3v) is 3.24. The summed E-state index contributed by atoms with van der Waals surface area (Å²) in [7, 11) is 3.62. The molecular weight excluding hydrogens is 266 g/mol. The summed E-state index contributed by atoms with van der Waals surface area (Å²) in [6.07, 6.45) is 3.14. The molecule has 0 saturated heterocycles. The largest absolute Gasteiger partial charge is 0.481 e. The molecule has 0 bridgehead atoms. The number of carbonyl (C=O) groups is 1. The van der Waals surface area contributed by atoms with E-state index in [1.54, 1.807) is 29.7 Å². The Morgan fingerprint density at radius 3 is 2.62 bits per heavy atom. The van der Waals surface area contributed by atoms with Gasteiger partial charge in [-0.3, -0.25) is 9.48 Å². The van der Waals surface area contributed by atoms with E-state index in [2.05, 4.69) is 5.10 Å². The van der Waals surface area contributed by atoms with Gasteiger partial charge in [0.1, 0.15) is 5.75 Å². The third-order valence-electron chi connectivity index (χ3n) is 3.24. The maximum atomic E-state index is 12.3. The molecule has 21 heavy (non-hydrogen) atoms. The quantitative estimate of drug-likeness (QED) is 0.846. The molecule has 0 aliphatic heterocycles. The number of aryl methyl sites for hydroxylation is 2. The molecule has 112 valence electrons. The van der Waals surface area contributed by atoms with Crippen molar-refractivity contribution in [2.75, 3.05) is 7.05 Å². The zero-order valence-corrected chi connectivity index (χ0v) is 12.9. The van der Waals surface area contributed by atoms with Crippen molar-refractivity contribution in [1.29, 1.82) is 0 Å². The second kappa shape index (κ2) is 6.43. The number of amides is 1. The lowest BCUT2D eigenvalue weighted by atomic mass is 10.2. The molecule has 0 saturated carbocycles. The molecule has 1 heterocycles. The van der Waals surface area contributed by atoms with Gasteiger partial charge in [-0.05, 0) is 26.0 Å². The summed E-state index contributed by atoms with van der Waals surface area (Å²) >= 11 is 0. The Kier molecular flexibility index (Phi) is 4.62. The smallest absolute Gasteiger partial charge is 0.263 e. The first-order chi connectivity index (χ1) is 9.95. The maximum absolute atomic E-state index is 12.3. The van der Waals surface area contributed by atoms with Crippen LogP contribution in [0.25, 0.3) is 0 Å². The molecule has 1 aromatic heterocycles. The third kappa shape index (κ3) is 4.08. The molecule has 1 aromatic carbocycles. The summed E-state index contributed by atoms with van der Waals surface area (Å²) in [5.74, 6) is 0.649. The standard InChI is InChI=1S/C16H21N3O2/c1-12-5-7-15(8-6-12)21-13(2)16(20)18(3)10-14-9-17-19(4)11-14/h5-9,11,13H,10H2,1-4H3. The Bertz CT molecular complexity index is 604. The molecule has 0 aliphatic rings. The highest BCUT2D eigenvalue weighted by atomic mass is 16.5. The van der Waals surface area contributed by atoms with Gasteiger partial charge in [-0.2, -0.15) is 5.10 Å². The minimum absolute atomic E-state index is 0.0561. The fraction of sp³-hybridized carbons (Fsp3) is 0.375. The second-order valence-electron chi connectivity index (χ2n) is 5.29. The van der Waals surface area contributed by atoms with E-state index in [4.69, 9.17) is 4.74 Å². The molecule has 0 aliphatic carbocycles. The van der Waals surface area contributed by atoms with Gasteiger partial charge in [0.15, 0.2) is 6.10 Å². The number of aromatic nitrogens is 2. The van der Waals surface area contributed by atoms with Crippen LogP contribution in [0.1, 0.15) is 18.1 Å². The van der Waals surface area contributed by atoms with E-state index in [1.807, 2.05) is 44.4 Å². The highest BCUT2D eigenvalue weighted by Crippen LogP contribution is 2.14. The van der Waals surface area contributed by atoms with Crippen molar-refractivity contribution in [1.82, 2.24) is 14.7 Å². The van der Waals surface area contributed by atoms with Crippen LogP contribution in [0.4, 0.5) is 0 Å². The molecule has 5 nitrogen and oxygen atoms in total. The molecule has 0 spiro atoms. The fourth-order valence-corrected chi connectivity index (χ4v) is 2.09. The SMILES string of the molecule is Cc1ccc(OC(C)C(=O)N(C)Cc2cnn(C)c2)cc1. The van der Waals surface area contributed by atoms with Crippen LogP contribution in [0.5, 0.6) is 5.75 Å². The normalized spacial score (nSPS) is 12.0. The minimum Gasteiger partial charge on any atom is -0.481 e. The predicted octanol–water partition coefficient (Wildman–Crippen LogP) is 2.15. The topological polar surface area (TPSA) is 47.4 Å². The van der Waals surface area contributed by atoms with Crippen molar-refractivity contribution >= 4 is 5.91 Å². The average Bonchev–Trinajstić information content (AvgIpc) is 2.85. The van der Waals surface area contributed by atoms with Crippen LogP contribution >= 0.6 is 0 Å². The van der Waals surface area contributed by atoms with Gasteiger partial charge in [0.2, 0.25) is 0 Å². The van der Waals surface area contributed by atoms with Gasteiger partial charge in [0, 0.05) is 32.4 Å². The van der Waals surface area contributed by atoms with Crippen LogP contribution in [0.15, 0.2) is 36.7 Å². The number of hydrogen-bond donors (Lipinski definition) is 0. The van der Waals surface area contributed by atoms with Crippen molar-refractivity contribution in [2.24, 2.45) is 7.05 Å². The Morgan fingerprint density at radius 2 is 2.05 bits per heavy atom. The average molecular weight is 287 g/mol. The summed E-state index contributed by atoms with van der Waals surface area (Å²) in [5, 5.41) is 4.10. The first-order valence-electron chi connectivity index (χ1n) is 6.91. The molecule has 1 amide bonds. The number of benzene rings is 1. The van der Waals surface area contributed by atoms with Crippen molar-refractivity contribution in [3.05, 3.63) is 47.8 Å². The fourth-order valence-electron chi connectivity index (χ4n) is 2.09. The van der Waals surface area contributed by atoms with E-state index >= 15 is 0 Å². The van der Waals surface area contributed by atoms with E-state index in [0.717, 1.165) is 11.1 Å². The molecule has 5 heteroatoms. The number of nitrogens with zero attached hydrogens (tertiary/aromatic N) is 3. The number of rotatable bonds is 5. The maximum Gasteiger partial charge on any atom is 0.263 e. The number of hydrogen-bond acceptors (Lipinski definition) is 3. The first kappa shape index (κ1) is 15.1. The van der Waals surface area contributed by atoms with Gasteiger partial charge in [-0.25, -0.2) is 0 Å². The van der Waals surface area contributed by atoms with E-state index in [0.29, 0.717) is 12.3 Å². The summed E-state index contributed by atoms with van der Waals surface area (Å²) in [6, 6.07) is 7.68. The first-order valence-corrected chi connectivity index (χ1v) is 6.91. The zero-order valence-electron chi connectivity index (χ0n) is 12.9. The van der Waals surface area contributed by atoms with Crippen molar-refractivity contribution in [2.45, 2.75) is 26.5 Å². The summed E-state index contributed by atoms with van der Waals surface area (Å²) in [4.78, 5) is 13.9. The molecular formula is C16H21N3O2. The van der Waals surface area contributed by atoms with Crippen molar-refractivity contribution in [3.63, 3.8) is 0 Å². The van der Waals surface area contributed by atoms with Crippen molar-refractivity contribution in [3.8, 4) is 5.75 Å². The summed E-state index contributed by atoms with van der Waals surface area (Å²) < 4.78 is 7.41. The molecule has 0 fully saturated rings. The van der Waals surface area contributed by atoms with E-state index in [1.165, 1.54) is 0 Å². The summed E-state index contributed by atoms with van der Waals surface area (Å²) in [5.41, 5.74) is 2.16. The Morgan fingerprint density at radius 1 is 1.38 bits per heavy atom. The number of likely N-dealkylation sites (N-methyl/N-ethyl adjacent to an activating group) is 1. The van der Waals surface area contributed by atoms with E-state index < -0.39 is 6.10 Å². The monoisotopic (exact) mass is 287 g/mol. The van der Waals surface area contributed by atoms with Crippen LogP contribution < -0.4 is 4.74 Å². The summed E-state index contributed by atoms with van der Waals surface area (Å²) in [6.45, 7) is 4.30. The highest BCUT2D eigenvalue weighted by molar-refractivity contribution is 5.80. The Balaban J connectivity index is 1.93. The van der Waals surface area contributed by atoms with Gasteiger partial charge in [0.05, 0.1) is 6.20 Å². The Hall–Kier alpha value is -2.30. The number of carbonyl (C=O) groups excluding carboxylic acids is 1. The van der Waals surface area contributed by atoms with Crippen LogP contribution in [0.2, 0.25) is 0 Å². The van der Waals surface area contributed by atoms with Gasteiger partial charge in [-0.1, -0.05) is 17.7 Å². The van der Waals surface area contributed by atoms with Crippen LogP contribution in [0, 0.1) is 6.92 Å². The van der Waals surface area contributed by atoms with Gasteiger partial charge in [0.25, 0.3) is 5.91 Å². The van der Waals surface area contributed by atoms with Gasteiger partial charge >= 0.3 is 0 Å².